The Morgan fingerprint density at radius 2 is 2.29 bits per heavy atom. The number of primary amides is 1. The number of fused-ring (bicyclic) bond motifs is 1. The number of nitrogens with two attached hydrogens (primary N) is 1. The molecule has 0 atom stereocenters. The molecular weight excluding hydrogens is 184 g/mol. The van der Waals surface area contributed by atoms with Gasteiger partial charge in [0, 0.05) is 0 Å². The Balaban J connectivity index is 2.29. The number of carbonyl (C=O) groups is 1. The lowest BCUT2D eigenvalue weighted by molar-refractivity contribution is 0.118. The summed E-state index contributed by atoms with van der Waals surface area (Å²) >= 11 is 0. The maximum atomic E-state index is 10.4. The summed E-state index contributed by atoms with van der Waals surface area (Å²) in [6.45, 7) is -0.0180. The minimum absolute atomic E-state index is 0.0180. The molecule has 0 radical (unpaired) electrons. The van der Waals surface area contributed by atoms with Crippen molar-refractivity contribution in [3.8, 4) is 0 Å². The molecular formula is C8H8N4O2. The lowest BCUT2D eigenvalue weighted by atomic mass is 10.3. The Kier molecular flexibility index (Phi) is 2.02. The van der Waals surface area contributed by atoms with Crippen LogP contribution in [0.15, 0.2) is 24.3 Å². The number of ether oxygens (including phenoxy) is 1. The zero-order valence-corrected chi connectivity index (χ0v) is 7.25. The molecule has 0 spiro atoms. The first-order valence-electron chi connectivity index (χ1n) is 3.98. The Hall–Kier alpha value is -2.11. The SMILES string of the molecule is NC(=O)OCn1nnc2ccccc21. The molecule has 2 aromatic rings. The third kappa shape index (κ3) is 1.49. The molecule has 0 aliphatic rings. The number of benzene rings is 1. The van der Waals surface area contributed by atoms with Crippen LogP contribution < -0.4 is 5.73 Å². The third-order valence-electron chi connectivity index (χ3n) is 1.75. The van der Waals surface area contributed by atoms with E-state index < -0.39 is 6.09 Å². The fourth-order valence-corrected chi connectivity index (χ4v) is 1.14. The maximum Gasteiger partial charge on any atom is 0.406 e. The summed E-state index contributed by atoms with van der Waals surface area (Å²) in [6, 6.07) is 7.37. The Bertz CT molecular complexity index is 465. The second-order valence-electron chi connectivity index (χ2n) is 2.67. The summed E-state index contributed by atoms with van der Waals surface area (Å²) in [5, 5.41) is 7.68. The number of carbonyl (C=O) groups excluding carboxylic acids is 1. The van der Waals surface area contributed by atoms with Crippen molar-refractivity contribution >= 4 is 17.1 Å². The van der Waals surface area contributed by atoms with Gasteiger partial charge < -0.3 is 10.5 Å². The predicted octanol–water partition coefficient (Wildman–Crippen LogP) is 0.484. The molecule has 0 saturated heterocycles. The molecule has 0 saturated carbocycles. The van der Waals surface area contributed by atoms with Crippen LogP contribution in [0.25, 0.3) is 11.0 Å². The van der Waals surface area contributed by atoms with Crippen LogP contribution in [0.4, 0.5) is 4.79 Å². The summed E-state index contributed by atoms with van der Waals surface area (Å²) in [7, 11) is 0. The fraction of sp³-hybridized carbons (Fsp3) is 0.125. The molecule has 1 amide bonds. The van der Waals surface area contributed by atoms with Crippen LogP contribution in [-0.4, -0.2) is 21.1 Å². The number of nitrogens with zero attached hydrogens (tertiary/aromatic N) is 3. The largest absolute Gasteiger partial charge is 0.426 e. The second kappa shape index (κ2) is 3.33. The number of hydrogen-bond donors (Lipinski definition) is 1. The molecule has 1 aromatic heterocycles. The Morgan fingerprint density at radius 1 is 1.50 bits per heavy atom. The van der Waals surface area contributed by atoms with E-state index in [9.17, 15) is 4.79 Å². The van der Waals surface area contributed by atoms with Crippen LogP contribution in [0, 0.1) is 0 Å². The number of para-hydroxylation sites is 1. The van der Waals surface area contributed by atoms with Crippen molar-refractivity contribution in [2.24, 2.45) is 5.73 Å². The highest BCUT2D eigenvalue weighted by molar-refractivity contribution is 5.73. The minimum atomic E-state index is -0.829. The average Bonchev–Trinajstić information content (AvgIpc) is 2.58. The molecule has 6 heteroatoms. The van der Waals surface area contributed by atoms with E-state index >= 15 is 0 Å². The molecule has 72 valence electrons. The molecule has 0 aliphatic carbocycles. The number of aromatic nitrogens is 3. The van der Waals surface area contributed by atoms with Crippen LogP contribution in [-0.2, 0) is 11.5 Å². The van der Waals surface area contributed by atoms with E-state index in [1.807, 2.05) is 24.3 Å². The van der Waals surface area contributed by atoms with Gasteiger partial charge in [0.2, 0.25) is 0 Å². The van der Waals surface area contributed by atoms with E-state index in [-0.39, 0.29) is 6.73 Å². The van der Waals surface area contributed by atoms with Gasteiger partial charge in [0.05, 0.1) is 5.52 Å². The zero-order chi connectivity index (χ0) is 9.97. The third-order valence-corrected chi connectivity index (χ3v) is 1.75. The van der Waals surface area contributed by atoms with Gasteiger partial charge in [-0.15, -0.1) is 5.10 Å². The van der Waals surface area contributed by atoms with E-state index in [0.29, 0.717) is 0 Å². The summed E-state index contributed by atoms with van der Waals surface area (Å²) < 4.78 is 6.05. The van der Waals surface area contributed by atoms with Gasteiger partial charge in [0.25, 0.3) is 0 Å². The minimum Gasteiger partial charge on any atom is -0.426 e. The van der Waals surface area contributed by atoms with E-state index in [0.717, 1.165) is 11.0 Å². The lowest BCUT2D eigenvalue weighted by Crippen LogP contribution is -2.16. The van der Waals surface area contributed by atoms with Gasteiger partial charge in [-0.3, -0.25) is 0 Å². The van der Waals surface area contributed by atoms with Crippen molar-refractivity contribution < 1.29 is 9.53 Å². The topological polar surface area (TPSA) is 83.0 Å². The monoisotopic (exact) mass is 192 g/mol. The van der Waals surface area contributed by atoms with Crippen LogP contribution >= 0.6 is 0 Å². The summed E-state index contributed by atoms with van der Waals surface area (Å²) in [6.07, 6.45) is -0.829. The van der Waals surface area contributed by atoms with Crippen molar-refractivity contribution in [1.29, 1.82) is 0 Å². The molecule has 6 nitrogen and oxygen atoms in total. The lowest BCUT2D eigenvalue weighted by Gasteiger charge is -2.00. The van der Waals surface area contributed by atoms with Crippen LogP contribution in [0.5, 0.6) is 0 Å². The van der Waals surface area contributed by atoms with Crippen molar-refractivity contribution in [2.75, 3.05) is 0 Å². The van der Waals surface area contributed by atoms with Gasteiger partial charge in [-0.2, -0.15) is 0 Å². The zero-order valence-electron chi connectivity index (χ0n) is 7.25. The average molecular weight is 192 g/mol. The Morgan fingerprint density at radius 3 is 3.07 bits per heavy atom. The van der Waals surface area contributed by atoms with Crippen molar-refractivity contribution in [3.63, 3.8) is 0 Å². The molecule has 0 fully saturated rings. The van der Waals surface area contributed by atoms with Gasteiger partial charge in [-0.05, 0) is 12.1 Å². The highest BCUT2D eigenvalue weighted by Crippen LogP contribution is 2.09. The molecule has 1 aromatic carbocycles. The van der Waals surface area contributed by atoms with Gasteiger partial charge in [0.1, 0.15) is 5.52 Å². The van der Waals surface area contributed by atoms with Gasteiger partial charge >= 0.3 is 6.09 Å². The van der Waals surface area contributed by atoms with E-state index in [4.69, 9.17) is 5.73 Å². The van der Waals surface area contributed by atoms with Gasteiger partial charge in [0.15, 0.2) is 6.73 Å². The molecule has 14 heavy (non-hydrogen) atoms. The molecule has 1 heterocycles. The predicted molar refractivity (Wildman–Crippen MR) is 48.2 cm³/mol. The van der Waals surface area contributed by atoms with Crippen molar-refractivity contribution in [1.82, 2.24) is 15.0 Å². The fourth-order valence-electron chi connectivity index (χ4n) is 1.14. The van der Waals surface area contributed by atoms with Gasteiger partial charge in [-0.25, -0.2) is 9.48 Å². The Labute approximate surface area is 79.3 Å². The number of rotatable bonds is 2. The van der Waals surface area contributed by atoms with E-state index in [1.54, 1.807) is 0 Å². The van der Waals surface area contributed by atoms with Crippen LogP contribution in [0.2, 0.25) is 0 Å². The first-order valence-corrected chi connectivity index (χ1v) is 3.98. The smallest absolute Gasteiger partial charge is 0.406 e. The summed E-state index contributed by atoms with van der Waals surface area (Å²) in [5.41, 5.74) is 6.38. The van der Waals surface area contributed by atoms with Crippen LogP contribution in [0.3, 0.4) is 0 Å². The first kappa shape index (κ1) is 8.49. The molecule has 2 rings (SSSR count). The quantitative estimate of drug-likeness (QED) is 0.750. The molecule has 2 N–H and O–H groups in total. The highest BCUT2D eigenvalue weighted by Gasteiger charge is 2.03. The standard InChI is InChI=1S/C8H8N4O2/c9-8(13)14-5-12-7-4-2-1-3-6(7)10-11-12/h1-4H,5H2,(H2,9,13). The normalized spacial score (nSPS) is 10.3. The summed E-state index contributed by atoms with van der Waals surface area (Å²) in [5.74, 6) is 0. The van der Waals surface area contributed by atoms with E-state index in [1.165, 1.54) is 4.68 Å². The highest BCUT2D eigenvalue weighted by atomic mass is 16.6. The van der Waals surface area contributed by atoms with Gasteiger partial charge in [-0.1, -0.05) is 17.3 Å². The molecule has 0 aliphatic heterocycles. The number of hydrogen-bond acceptors (Lipinski definition) is 4. The molecule has 0 bridgehead atoms. The first-order chi connectivity index (χ1) is 6.77. The number of amides is 1. The van der Waals surface area contributed by atoms with E-state index in [2.05, 4.69) is 15.0 Å². The van der Waals surface area contributed by atoms with Crippen molar-refractivity contribution in [2.45, 2.75) is 6.73 Å². The second-order valence-corrected chi connectivity index (χ2v) is 2.67. The summed E-state index contributed by atoms with van der Waals surface area (Å²) in [4.78, 5) is 10.4. The van der Waals surface area contributed by atoms with Crippen LogP contribution in [0.1, 0.15) is 0 Å². The molecule has 0 unspecified atom stereocenters. The van der Waals surface area contributed by atoms with Crippen molar-refractivity contribution in [3.05, 3.63) is 24.3 Å². The maximum absolute atomic E-state index is 10.4.